The number of nitrogens with one attached hydrogen (secondary N) is 1. The summed E-state index contributed by atoms with van der Waals surface area (Å²) < 4.78 is 18.4. The van der Waals surface area contributed by atoms with Crippen LogP contribution in [0.25, 0.3) is 0 Å². The summed E-state index contributed by atoms with van der Waals surface area (Å²) in [5.74, 6) is -1.61. The molecule has 0 fully saturated rings. The molecular formula is C17H13ClFNO3. The van der Waals surface area contributed by atoms with Crippen LogP contribution in [0.4, 0.5) is 10.1 Å². The van der Waals surface area contributed by atoms with Crippen LogP contribution in [0.3, 0.4) is 0 Å². The Labute approximate surface area is 137 Å². The number of benzene rings is 2. The largest absolute Gasteiger partial charge is 0.423 e. The van der Waals surface area contributed by atoms with Crippen molar-refractivity contribution in [2.24, 2.45) is 0 Å². The predicted molar refractivity (Wildman–Crippen MR) is 86.0 cm³/mol. The zero-order valence-electron chi connectivity index (χ0n) is 12.2. The molecule has 2 rings (SSSR count). The van der Waals surface area contributed by atoms with Gasteiger partial charge >= 0.3 is 5.97 Å². The van der Waals surface area contributed by atoms with Gasteiger partial charge in [-0.25, -0.2) is 9.18 Å². The number of esters is 1. The molecule has 0 spiro atoms. The van der Waals surface area contributed by atoms with E-state index in [1.165, 1.54) is 18.2 Å². The van der Waals surface area contributed by atoms with Crippen LogP contribution in [0.1, 0.15) is 5.56 Å². The molecule has 0 bridgehead atoms. The maximum Gasteiger partial charge on any atom is 0.336 e. The maximum absolute atomic E-state index is 13.4. The number of para-hydroxylation sites is 1. The zero-order chi connectivity index (χ0) is 16.8. The summed E-state index contributed by atoms with van der Waals surface area (Å²) in [5.41, 5.74) is 0.794. The summed E-state index contributed by atoms with van der Waals surface area (Å²) in [6, 6.07) is 10.5. The fourth-order valence-corrected chi connectivity index (χ4v) is 1.83. The van der Waals surface area contributed by atoms with Crippen LogP contribution in [0.5, 0.6) is 5.75 Å². The van der Waals surface area contributed by atoms with Crippen molar-refractivity contribution in [2.75, 3.05) is 5.32 Å². The van der Waals surface area contributed by atoms with E-state index in [1.807, 2.05) is 0 Å². The topological polar surface area (TPSA) is 55.4 Å². The van der Waals surface area contributed by atoms with Gasteiger partial charge in [0.1, 0.15) is 11.6 Å². The molecule has 2 aromatic rings. The highest BCUT2D eigenvalue weighted by molar-refractivity contribution is 6.31. The third-order valence-electron chi connectivity index (χ3n) is 2.85. The first-order valence-corrected chi connectivity index (χ1v) is 7.05. The molecule has 0 aliphatic heterocycles. The number of halogens is 2. The highest BCUT2D eigenvalue weighted by Crippen LogP contribution is 2.21. The first-order chi connectivity index (χ1) is 11.0. The van der Waals surface area contributed by atoms with Crippen LogP contribution in [0.2, 0.25) is 5.02 Å². The van der Waals surface area contributed by atoms with Gasteiger partial charge in [0.2, 0.25) is 5.91 Å². The fraction of sp³-hybridized carbons (Fsp3) is 0.0588. The van der Waals surface area contributed by atoms with Gasteiger partial charge in [0.05, 0.1) is 5.69 Å². The lowest BCUT2D eigenvalue weighted by Crippen LogP contribution is -2.11. The number of ether oxygens (including phenoxy) is 1. The molecule has 1 amide bonds. The lowest BCUT2D eigenvalue weighted by atomic mass is 10.2. The summed E-state index contributed by atoms with van der Waals surface area (Å²) in [4.78, 5) is 23.3. The highest BCUT2D eigenvalue weighted by atomic mass is 35.5. The number of hydrogen-bond donors (Lipinski definition) is 1. The number of amides is 1. The smallest absolute Gasteiger partial charge is 0.336 e. The van der Waals surface area contributed by atoms with E-state index in [1.54, 1.807) is 31.2 Å². The van der Waals surface area contributed by atoms with Gasteiger partial charge in [0, 0.05) is 17.2 Å². The van der Waals surface area contributed by atoms with Crippen molar-refractivity contribution in [3.05, 3.63) is 71.0 Å². The molecule has 0 radical (unpaired) electrons. The van der Waals surface area contributed by atoms with E-state index >= 15 is 0 Å². The molecule has 118 valence electrons. The second-order valence-corrected chi connectivity index (χ2v) is 5.04. The lowest BCUT2D eigenvalue weighted by Gasteiger charge is -2.04. The molecule has 23 heavy (non-hydrogen) atoms. The molecule has 1 N–H and O–H groups in total. The standard InChI is InChI=1S/C17H13ClFNO3/c1-11-10-12(6-7-13(11)18)23-17(22)9-8-16(21)20-15-5-3-2-4-14(15)19/h2-10H,1H3,(H,20,21)/b9-8+. The van der Waals surface area contributed by atoms with Crippen molar-refractivity contribution >= 4 is 29.2 Å². The fourth-order valence-electron chi connectivity index (χ4n) is 1.71. The Balaban J connectivity index is 1.94. The Bertz CT molecular complexity index is 774. The molecule has 0 atom stereocenters. The van der Waals surface area contributed by atoms with Crippen molar-refractivity contribution in [1.29, 1.82) is 0 Å². The van der Waals surface area contributed by atoms with Gasteiger partial charge in [-0.2, -0.15) is 0 Å². The first-order valence-electron chi connectivity index (χ1n) is 6.67. The number of rotatable bonds is 4. The third kappa shape index (κ3) is 4.93. The average Bonchev–Trinajstić information content (AvgIpc) is 2.51. The summed E-state index contributed by atoms with van der Waals surface area (Å²) in [6.45, 7) is 1.78. The molecule has 0 heterocycles. The first kappa shape index (κ1) is 16.7. The number of carbonyl (C=O) groups is 2. The van der Waals surface area contributed by atoms with Crippen molar-refractivity contribution < 1.29 is 18.7 Å². The van der Waals surface area contributed by atoms with Crippen molar-refractivity contribution in [3.63, 3.8) is 0 Å². The minimum absolute atomic E-state index is 0.0313. The molecule has 0 saturated carbocycles. The normalized spacial score (nSPS) is 10.6. The molecule has 4 nitrogen and oxygen atoms in total. The minimum Gasteiger partial charge on any atom is -0.423 e. The van der Waals surface area contributed by atoms with Gasteiger partial charge < -0.3 is 10.1 Å². The molecule has 2 aromatic carbocycles. The summed E-state index contributed by atoms with van der Waals surface area (Å²) in [6.07, 6.45) is 1.93. The van der Waals surface area contributed by atoms with E-state index in [9.17, 15) is 14.0 Å². The van der Waals surface area contributed by atoms with Crippen molar-refractivity contribution in [1.82, 2.24) is 0 Å². The highest BCUT2D eigenvalue weighted by Gasteiger charge is 2.06. The Morgan fingerprint density at radius 3 is 2.61 bits per heavy atom. The van der Waals surface area contributed by atoms with Gasteiger partial charge in [-0.15, -0.1) is 0 Å². The average molecular weight is 334 g/mol. The second kappa shape index (κ2) is 7.56. The molecule has 0 aromatic heterocycles. The Hall–Kier alpha value is -2.66. The van der Waals surface area contributed by atoms with Crippen LogP contribution in [-0.2, 0) is 9.59 Å². The number of carbonyl (C=O) groups excluding carboxylic acids is 2. The molecule has 0 saturated heterocycles. The number of aryl methyl sites for hydroxylation is 1. The van der Waals surface area contributed by atoms with Gasteiger partial charge in [-0.05, 0) is 42.8 Å². The second-order valence-electron chi connectivity index (χ2n) is 4.63. The van der Waals surface area contributed by atoms with E-state index < -0.39 is 17.7 Å². The van der Waals surface area contributed by atoms with Gasteiger partial charge in [0.15, 0.2) is 0 Å². The summed E-state index contributed by atoms with van der Waals surface area (Å²) in [5, 5.41) is 2.88. The quantitative estimate of drug-likeness (QED) is 0.524. The van der Waals surface area contributed by atoms with Gasteiger partial charge in [-0.3, -0.25) is 4.79 Å². The lowest BCUT2D eigenvalue weighted by molar-refractivity contribution is -0.129. The SMILES string of the molecule is Cc1cc(OC(=O)/C=C/C(=O)Nc2ccccc2F)ccc1Cl. The van der Waals surface area contributed by atoms with Crippen LogP contribution >= 0.6 is 11.6 Å². The van der Waals surface area contributed by atoms with E-state index in [4.69, 9.17) is 16.3 Å². The molecule has 6 heteroatoms. The van der Waals surface area contributed by atoms with Crippen LogP contribution < -0.4 is 10.1 Å². The zero-order valence-corrected chi connectivity index (χ0v) is 12.9. The van der Waals surface area contributed by atoms with Crippen molar-refractivity contribution in [2.45, 2.75) is 6.92 Å². The van der Waals surface area contributed by atoms with Crippen LogP contribution in [0.15, 0.2) is 54.6 Å². The van der Waals surface area contributed by atoms with E-state index in [0.29, 0.717) is 10.8 Å². The molecule has 0 aliphatic carbocycles. The monoisotopic (exact) mass is 333 g/mol. The Morgan fingerprint density at radius 1 is 1.17 bits per heavy atom. The van der Waals surface area contributed by atoms with Crippen LogP contribution in [0, 0.1) is 12.7 Å². The molecular weight excluding hydrogens is 321 g/mol. The third-order valence-corrected chi connectivity index (χ3v) is 3.27. The number of anilines is 1. The van der Waals surface area contributed by atoms with Gasteiger partial charge in [0.25, 0.3) is 0 Å². The predicted octanol–water partition coefficient (Wildman–Crippen LogP) is 3.89. The number of hydrogen-bond acceptors (Lipinski definition) is 3. The van der Waals surface area contributed by atoms with E-state index in [2.05, 4.69) is 5.32 Å². The van der Waals surface area contributed by atoms with Crippen LogP contribution in [-0.4, -0.2) is 11.9 Å². The molecule has 0 unspecified atom stereocenters. The van der Waals surface area contributed by atoms with Gasteiger partial charge in [-0.1, -0.05) is 23.7 Å². The summed E-state index contributed by atoms with van der Waals surface area (Å²) >= 11 is 5.87. The summed E-state index contributed by atoms with van der Waals surface area (Å²) in [7, 11) is 0. The Kier molecular flexibility index (Phi) is 5.49. The van der Waals surface area contributed by atoms with Crippen molar-refractivity contribution in [3.8, 4) is 5.75 Å². The Morgan fingerprint density at radius 2 is 1.91 bits per heavy atom. The minimum atomic E-state index is -0.726. The van der Waals surface area contributed by atoms with E-state index in [-0.39, 0.29) is 5.69 Å². The molecule has 0 aliphatic rings. The van der Waals surface area contributed by atoms with E-state index in [0.717, 1.165) is 17.7 Å². The maximum atomic E-state index is 13.4.